The minimum atomic E-state index is -5.18. The zero-order valence-electron chi connectivity index (χ0n) is 19.3. The van der Waals surface area contributed by atoms with Crippen LogP contribution in [-0.2, 0) is 24.7 Å². The molecule has 1 aliphatic rings. The molecule has 3 atom stereocenters. The molecular weight excluding hydrogens is 544 g/mol. The smallest absolute Gasteiger partial charge is 0.363 e. The van der Waals surface area contributed by atoms with Gasteiger partial charge < -0.3 is 36.1 Å². The Balaban J connectivity index is 1.67. The van der Waals surface area contributed by atoms with Crippen LogP contribution in [0.3, 0.4) is 0 Å². The van der Waals surface area contributed by atoms with E-state index in [1.54, 1.807) is 0 Å². The van der Waals surface area contributed by atoms with Gasteiger partial charge in [-0.2, -0.15) is 12.7 Å². The fourth-order valence-electron chi connectivity index (χ4n) is 3.86. The summed E-state index contributed by atoms with van der Waals surface area (Å²) in [5.41, 5.74) is 3.40. The van der Waals surface area contributed by atoms with Crippen LogP contribution in [0.2, 0.25) is 0 Å². The lowest BCUT2D eigenvalue weighted by Crippen LogP contribution is -2.75. The molecule has 4 amide bonds. The van der Waals surface area contributed by atoms with Gasteiger partial charge in [0, 0.05) is 6.07 Å². The number of hydrogen-bond acceptors (Lipinski definition) is 11. The number of fused-ring (bicyclic) bond motifs is 1. The Hall–Kier alpha value is -5.16. The first-order chi connectivity index (χ1) is 18.2. The number of amides is 4. The molecule has 204 valence electrons. The van der Waals surface area contributed by atoms with Crippen molar-refractivity contribution in [2.24, 2.45) is 5.73 Å². The topological polar surface area (TPSA) is 267 Å². The number of carbonyl (C=O) groups is 4. The summed E-state index contributed by atoms with van der Waals surface area (Å²) in [5, 5.41) is 32.9. The van der Waals surface area contributed by atoms with Crippen LogP contribution in [0.5, 0.6) is 17.2 Å². The third kappa shape index (κ3) is 4.90. The van der Waals surface area contributed by atoms with Gasteiger partial charge in [-0.25, -0.2) is 0 Å². The second kappa shape index (κ2) is 9.62. The molecule has 0 bridgehead atoms. The molecule has 1 unspecified atom stereocenters. The average Bonchev–Trinajstić information content (AvgIpc) is 2.84. The molecule has 0 spiro atoms. The van der Waals surface area contributed by atoms with E-state index in [9.17, 15) is 52.3 Å². The van der Waals surface area contributed by atoms with Gasteiger partial charge in [0.15, 0.2) is 17.5 Å². The molecule has 0 radical (unpaired) electrons. The van der Waals surface area contributed by atoms with Crippen molar-refractivity contribution in [3.8, 4) is 17.2 Å². The normalized spacial score (nSPS) is 17.8. The van der Waals surface area contributed by atoms with Crippen molar-refractivity contribution in [2.45, 2.75) is 18.1 Å². The summed E-state index contributed by atoms with van der Waals surface area (Å²) >= 11 is 0. The second-order valence-corrected chi connectivity index (χ2v) is 9.55. The van der Waals surface area contributed by atoms with E-state index in [0.717, 1.165) is 30.5 Å². The average molecular weight is 562 g/mol. The number of nitrogens with two attached hydrogens (primary N) is 1. The molecule has 2 heterocycles. The van der Waals surface area contributed by atoms with Crippen LogP contribution < -0.4 is 21.8 Å². The summed E-state index contributed by atoms with van der Waals surface area (Å²) in [6.45, 7) is 0. The number of phenols is 3. The van der Waals surface area contributed by atoms with Gasteiger partial charge in [-0.3, -0.25) is 28.5 Å². The first-order valence-corrected chi connectivity index (χ1v) is 12.1. The molecule has 16 nitrogen and oxygen atoms in total. The number of primary amides is 1. The summed E-state index contributed by atoms with van der Waals surface area (Å²) in [7, 11) is -5.18. The molecule has 17 heteroatoms. The Bertz CT molecular complexity index is 1700. The van der Waals surface area contributed by atoms with Crippen LogP contribution in [0, 0.1) is 0 Å². The summed E-state index contributed by atoms with van der Waals surface area (Å²) in [6, 6.07) is 1.06. The monoisotopic (exact) mass is 562 g/mol. The van der Waals surface area contributed by atoms with Gasteiger partial charge in [0.2, 0.25) is 17.2 Å². The molecule has 1 aromatic heterocycles. The van der Waals surface area contributed by atoms with E-state index in [2.05, 4.69) is 10.6 Å². The lowest BCUT2D eigenvalue weighted by molar-refractivity contribution is -0.151. The van der Waals surface area contributed by atoms with Crippen LogP contribution in [0.25, 0.3) is 11.0 Å². The second-order valence-electron chi connectivity index (χ2n) is 8.26. The van der Waals surface area contributed by atoms with Crippen LogP contribution in [-0.4, -0.2) is 68.3 Å². The zero-order chi connectivity index (χ0) is 28.8. The highest BCUT2D eigenvalue weighted by molar-refractivity contribution is 7.84. The van der Waals surface area contributed by atoms with Crippen molar-refractivity contribution in [2.75, 3.05) is 0 Å². The van der Waals surface area contributed by atoms with E-state index in [4.69, 9.17) is 10.2 Å². The van der Waals surface area contributed by atoms with Crippen molar-refractivity contribution in [1.29, 1.82) is 0 Å². The number of rotatable bonds is 7. The highest BCUT2D eigenvalue weighted by Gasteiger charge is 2.57. The maximum absolute atomic E-state index is 13.2. The van der Waals surface area contributed by atoms with Crippen molar-refractivity contribution in [1.82, 2.24) is 14.9 Å². The Morgan fingerprint density at radius 2 is 1.64 bits per heavy atom. The van der Waals surface area contributed by atoms with Crippen molar-refractivity contribution in [3.05, 3.63) is 64.0 Å². The van der Waals surface area contributed by atoms with E-state index in [-0.39, 0.29) is 26.6 Å². The quantitative estimate of drug-likeness (QED) is 0.0971. The van der Waals surface area contributed by atoms with Gasteiger partial charge in [0.05, 0.1) is 5.39 Å². The standard InChI is InChI=1S/C22H18N4O12S/c23-19(31)17-16(22(34)26(17)39(35,36)37)25-21(33)15(8-1-3-9(27)4-2-8)24-20(32)11-7-38-14-6-13(29)12(28)5-10(14)18(11)30/h1-7,15-17,27-29H,(H2,23,31)(H,24,32)(H,25,33)(H,35,36,37)/t15?,16-,17-/m1/s1. The first-order valence-electron chi connectivity index (χ1n) is 10.7. The van der Waals surface area contributed by atoms with Gasteiger partial charge in [-0.05, 0) is 23.8 Å². The van der Waals surface area contributed by atoms with E-state index in [0.29, 0.717) is 0 Å². The van der Waals surface area contributed by atoms with Gasteiger partial charge in [-0.1, -0.05) is 12.1 Å². The van der Waals surface area contributed by atoms with Gasteiger partial charge in [0.1, 0.15) is 35.2 Å². The minimum Gasteiger partial charge on any atom is -0.508 e. The third-order valence-electron chi connectivity index (χ3n) is 5.77. The Morgan fingerprint density at radius 1 is 1.03 bits per heavy atom. The van der Waals surface area contributed by atoms with Crippen molar-refractivity contribution in [3.63, 3.8) is 0 Å². The fourth-order valence-corrected chi connectivity index (χ4v) is 4.72. The number of benzene rings is 2. The molecule has 1 fully saturated rings. The van der Waals surface area contributed by atoms with Gasteiger partial charge in [0.25, 0.3) is 11.8 Å². The molecule has 0 saturated carbocycles. The summed E-state index contributed by atoms with van der Waals surface area (Å²) in [5.74, 6) is -6.55. The Kier molecular flexibility index (Phi) is 6.63. The maximum atomic E-state index is 13.2. The molecule has 8 N–H and O–H groups in total. The van der Waals surface area contributed by atoms with Crippen LogP contribution in [0.1, 0.15) is 22.0 Å². The van der Waals surface area contributed by atoms with Crippen LogP contribution in [0.4, 0.5) is 0 Å². The maximum Gasteiger partial charge on any atom is 0.363 e. The fraction of sp³-hybridized carbons (Fsp3) is 0.136. The minimum absolute atomic E-state index is 0.0143. The van der Waals surface area contributed by atoms with Gasteiger partial charge in [-0.15, -0.1) is 0 Å². The molecule has 39 heavy (non-hydrogen) atoms. The highest BCUT2D eigenvalue weighted by Crippen LogP contribution is 2.29. The third-order valence-corrected chi connectivity index (χ3v) is 6.67. The molecular formula is C22H18N4O12S. The Labute approximate surface area is 217 Å². The summed E-state index contributed by atoms with van der Waals surface area (Å²) in [4.78, 5) is 63.1. The Morgan fingerprint density at radius 3 is 2.23 bits per heavy atom. The number of carbonyl (C=O) groups excluding carboxylic acids is 4. The predicted octanol–water partition coefficient (Wildman–Crippen LogP) is -1.64. The SMILES string of the molecule is NC(=O)[C@H]1[C@@H](NC(=O)C(NC(=O)c2coc3cc(O)c(O)cc3c2=O)c2ccc(O)cc2)C(=O)N1S(=O)(=O)O. The molecule has 1 aliphatic heterocycles. The molecule has 1 saturated heterocycles. The number of nitrogens with one attached hydrogen (secondary N) is 2. The lowest BCUT2D eigenvalue weighted by Gasteiger charge is -2.42. The number of nitrogens with zero attached hydrogens (tertiary/aromatic N) is 1. The predicted molar refractivity (Wildman–Crippen MR) is 127 cm³/mol. The van der Waals surface area contributed by atoms with Crippen LogP contribution in [0.15, 0.2) is 51.9 Å². The number of aromatic hydroxyl groups is 3. The molecule has 0 aliphatic carbocycles. The van der Waals surface area contributed by atoms with Crippen LogP contribution >= 0.6 is 0 Å². The number of β-lactam (4-membered cyclic amide) rings is 1. The number of hydrogen-bond donors (Lipinski definition) is 7. The lowest BCUT2D eigenvalue weighted by atomic mass is 9.96. The van der Waals surface area contributed by atoms with E-state index < -0.39 is 74.5 Å². The van der Waals surface area contributed by atoms with Crippen molar-refractivity contribution >= 4 is 44.9 Å². The molecule has 2 aromatic carbocycles. The van der Waals surface area contributed by atoms with Crippen molar-refractivity contribution < 1.29 is 51.9 Å². The van der Waals surface area contributed by atoms with E-state index >= 15 is 0 Å². The zero-order valence-corrected chi connectivity index (χ0v) is 20.1. The highest BCUT2D eigenvalue weighted by atomic mass is 32.2. The molecule has 4 rings (SSSR count). The first kappa shape index (κ1) is 26.9. The number of phenolic OH excluding ortho intramolecular Hbond substituents is 3. The van der Waals surface area contributed by atoms with E-state index in [1.165, 1.54) is 12.1 Å². The summed E-state index contributed by atoms with van der Waals surface area (Å²) in [6.07, 6.45) is 0.741. The molecule has 3 aromatic rings. The van der Waals surface area contributed by atoms with E-state index in [1.807, 2.05) is 0 Å². The summed E-state index contributed by atoms with van der Waals surface area (Å²) < 4.78 is 37.0. The largest absolute Gasteiger partial charge is 0.508 e. The van der Waals surface area contributed by atoms with Gasteiger partial charge >= 0.3 is 10.3 Å².